The number of thiophene rings is 1. The van der Waals surface area contributed by atoms with Gasteiger partial charge in [-0.25, -0.2) is 0 Å². The number of hydrogen-bond donors (Lipinski definition) is 1. The summed E-state index contributed by atoms with van der Waals surface area (Å²) in [5.41, 5.74) is 6.64. The molecule has 0 aliphatic rings. The second-order valence-corrected chi connectivity index (χ2v) is 6.11. The van der Waals surface area contributed by atoms with E-state index in [1.54, 1.807) is 24.3 Å². The molecule has 2 nitrogen and oxygen atoms in total. The van der Waals surface area contributed by atoms with Gasteiger partial charge in [0.1, 0.15) is 0 Å². The van der Waals surface area contributed by atoms with Crippen LogP contribution in [0, 0.1) is 0 Å². The number of anilines is 1. The summed E-state index contributed by atoms with van der Waals surface area (Å²) in [5.74, 6) is -0.0649. The minimum Gasteiger partial charge on any atom is -0.399 e. The van der Waals surface area contributed by atoms with Gasteiger partial charge < -0.3 is 5.73 Å². The molecule has 0 fully saturated rings. The summed E-state index contributed by atoms with van der Waals surface area (Å²) in [6, 6.07) is 8.47. The molecule has 82 valence electrons. The maximum atomic E-state index is 12.0. The first-order chi connectivity index (χ1) is 7.56. The van der Waals surface area contributed by atoms with Crippen LogP contribution in [-0.2, 0) is 0 Å². The van der Waals surface area contributed by atoms with Crippen LogP contribution in [0.15, 0.2) is 34.1 Å². The molecule has 1 aromatic carbocycles. The van der Waals surface area contributed by atoms with E-state index in [1.807, 2.05) is 6.07 Å². The monoisotopic (exact) mass is 315 g/mol. The Labute approximate surface area is 110 Å². The highest BCUT2D eigenvalue weighted by Gasteiger charge is 2.12. The molecule has 0 atom stereocenters. The van der Waals surface area contributed by atoms with Crippen molar-refractivity contribution in [1.29, 1.82) is 0 Å². The number of carbonyl (C=O) groups excluding carboxylic acids is 1. The topological polar surface area (TPSA) is 43.1 Å². The zero-order valence-electron chi connectivity index (χ0n) is 8.04. The van der Waals surface area contributed by atoms with Crippen molar-refractivity contribution in [1.82, 2.24) is 0 Å². The van der Waals surface area contributed by atoms with Crippen molar-refractivity contribution >= 4 is 50.3 Å². The summed E-state index contributed by atoms with van der Waals surface area (Å²) in [4.78, 5) is 12.7. The van der Waals surface area contributed by atoms with Crippen LogP contribution < -0.4 is 5.73 Å². The van der Waals surface area contributed by atoms with Crippen LogP contribution in [0.5, 0.6) is 0 Å². The Kier molecular flexibility index (Phi) is 3.33. The molecule has 0 aliphatic carbocycles. The van der Waals surface area contributed by atoms with E-state index >= 15 is 0 Å². The highest BCUT2D eigenvalue weighted by Crippen LogP contribution is 2.26. The molecule has 0 aliphatic heterocycles. The summed E-state index contributed by atoms with van der Waals surface area (Å²) < 4.78 is 0.922. The van der Waals surface area contributed by atoms with Gasteiger partial charge in [0.15, 0.2) is 0 Å². The maximum Gasteiger partial charge on any atom is 0.203 e. The van der Waals surface area contributed by atoms with Gasteiger partial charge in [-0.05, 0) is 46.3 Å². The van der Waals surface area contributed by atoms with Crippen molar-refractivity contribution in [2.75, 3.05) is 5.73 Å². The fourth-order valence-electron chi connectivity index (χ4n) is 1.32. The molecule has 5 heteroatoms. The van der Waals surface area contributed by atoms with Crippen molar-refractivity contribution in [3.05, 3.63) is 49.6 Å². The number of ketones is 1. The number of halogens is 2. The number of carbonyl (C=O) groups is 1. The van der Waals surface area contributed by atoms with Gasteiger partial charge in [-0.2, -0.15) is 0 Å². The van der Waals surface area contributed by atoms with Crippen molar-refractivity contribution in [2.45, 2.75) is 0 Å². The average Bonchev–Trinajstić information content (AvgIpc) is 2.62. The molecular weight excluding hydrogens is 310 g/mol. The zero-order chi connectivity index (χ0) is 11.7. The maximum absolute atomic E-state index is 12.0. The van der Waals surface area contributed by atoms with Gasteiger partial charge in [0.05, 0.1) is 8.66 Å². The SMILES string of the molecule is Nc1cc(Cl)cc(C(=O)c2ccc(Br)s2)c1. The Morgan fingerprint density at radius 3 is 2.62 bits per heavy atom. The molecular formula is C11H7BrClNOS. The molecule has 0 saturated heterocycles. The van der Waals surface area contributed by atoms with Gasteiger partial charge in [-0.3, -0.25) is 4.79 Å². The third-order valence-electron chi connectivity index (χ3n) is 1.98. The van der Waals surface area contributed by atoms with Crippen LogP contribution in [0.4, 0.5) is 5.69 Å². The summed E-state index contributed by atoms with van der Waals surface area (Å²) in [5, 5.41) is 0.471. The highest BCUT2D eigenvalue weighted by atomic mass is 79.9. The molecule has 0 unspecified atom stereocenters. The Balaban J connectivity index is 2.41. The normalized spacial score (nSPS) is 10.4. The summed E-state index contributed by atoms with van der Waals surface area (Å²) in [6.07, 6.45) is 0. The first-order valence-corrected chi connectivity index (χ1v) is 6.41. The lowest BCUT2D eigenvalue weighted by Crippen LogP contribution is -1.99. The van der Waals surface area contributed by atoms with E-state index in [0.717, 1.165) is 3.79 Å². The van der Waals surface area contributed by atoms with Gasteiger partial charge in [0.25, 0.3) is 0 Å². The Hall–Kier alpha value is -0.840. The van der Waals surface area contributed by atoms with Crippen molar-refractivity contribution in [3.63, 3.8) is 0 Å². The average molecular weight is 317 g/mol. The minimum atomic E-state index is -0.0649. The van der Waals surface area contributed by atoms with E-state index in [9.17, 15) is 4.79 Å². The molecule has 1 heterocycles. The summed E-state index contributed by atoms with van der Waals surface area (Å²) in [7, 11) is 0. The fourth-order valence-corrected chi connectivity index (χ4v) is 2.91. The van der Waals surface area contributed by atoms with E-state index in [0.29, 0.717) is 21.2 Å². The van der Waals surface area contributed by atoms with Crippen molar-refractivity contribution < 1.29 is 4.79 Å². The van der Waals surface area contributed by atoms with Gasteiger partial charge in [-0.1, -0.05) is 11.6 Å². The second kappa shape index (κ2) is 4.57. The Morgan fingerprint density at radius 2 is 2.06 bits per heavy atom. The standard InChI is InChI=1S/C11H7BrClNOS/c12-10-2-1-9(16-10)11(15)6-3-7(13)5-8(14)4-6/h1-5H,14H2. The summed E-state index contributed by atoms with van der Waals surface area (Å²) in [6.45, 7) is 0. The number of hydrogen-bond acceptors (Lipinski definition) is 3. The molecule has 1 aromatic heterocycles. The molecule has 0 radical (unpaired) electrons. The van der Waals surface area contributed by atoms with Gasteiger partial charge in [0.2, 0.25) is 5.78 Å². The molecule has 16 heavy (non-hydrogen) atoms. The van der Waals surface area contributed by atoms with Crippen LogP contribution in [0.3, 0.4) is 0 Å². The Bertz CT molecular complexity index is 532. The van der Waals surface area contributed by atoms with E-state index in [-0.39, 0.29) is 5.78 Å². The molecule has 0 amide bonds. The predicted octanol–water partition coefficient (Wildman–Crippen LogP) is 3.98. The highest BCUT2D eigenvalue weighted by molar-refractivity contribution is 9.11. The molecule has 0 spiro atoms. The van der Waals surface area contributed by atoms with E-state index in [1.165, 1.54) is 11.3 Å². The quantitative estimate of drug-likeness (QED) is 0.673. The number of rotatable bonds is 2. The van der Waals surface area contributed by atoms with Crippen LogP contribution in [-0.4, -0.2) is 5.78 Å². The van der Waals surface area contributed by atoms with Gasteiger partial charge in [0, 0.05) is 16.3 Å². The van der Waals surface area contributed by atoms with Crippen LogP contribution >= 0.6 is 38.9 Å². The smallest absolute Gasteiger partial charge is 0.203 e. The lowest BCUT2D eigenvalue weighted by Gasteiger charge is -2.01. The van der Waals surface area contributed by atoms with E-state index in [4.69, 9.17) is 17.3 Å². The molecule has 0 bridgehead atoms. The van der Waals surface area contributed by atoms with Crippen LogP contribution in [0.1, 0.15) is 15.2 Å². The zero-order valence-corrected chi connectivity index (χ0v) is 11.2. The minimum absolute atomic E-state index is 0.0649. The third-order valence-corrected chi connectivity index (χ3v) is 3.82. The molecule has 2 N–H and O–H groups in total. The fraction of sp³-hybridized carbons (Fsp3) is 0. The Morgan fingerprint density at radius 1 is 1.31 bits per heavy atom. The van der Waals surface area contributed by atoms with Crippen LogP contribution in [0.2, 0.25) is 5.02 Å². The van der Waals surface area contributed by atoms with Gasteiger partial charge >= 0.3 is 0 Å². The van der Waals surface area contributed by atoms with Gasteiger partial charge in [-0.15, -0.1) is 11.3 Å². The van der Waals surface area contributed by atoms with E-state index in [2.05, 4.69) is 15.9 Å². The number of nitrogen functional groups attached to an aromatic ring is 1. The van der Waals surface area contributed by atoms with E-state index < -0.39 is 0 Å². The molecule has 0 saturated carbocycles. The molecule has 2 aromatic rings. The lowest BCUT2D eigenvalue weighted by molar-refractivity contribution is 0.104. The van der Waals surface area contributed by atoms with Crippen molar-refractivity contribution in [3.8, 4) is 0 Å². The summed E-state index contributed by atoms with van der Waals surface area (Å²) >= 11 is 10.6. The number of nitrogens with two attached hydrogens (primary N) is 1. The first-order valence-electron chi connectivity index (χ1n) is 4.42. The lowest BCUT2D eigenvalue weighted by atomic mass is 10.1. The third kappa shape index (κ3) is 2.45. The predicted molar refractivity (Wildman–Crippen MR) is 71.3 cm³/mol. The van der Waals surface area contributed by atoms with Crippen molar-refractivity contribution in [2.24, 2.45) is 0 Å². The number of benzene rings is 1. The molecule has 2 rings (SSSR count). The van der Waals surface area contributed by atoms with Crippen LogP contribution in [0.25, 0.3) is 0 Å². The second-order valence-electron chi connectivity index (χ2n) is 3.21. The first kappa shape index (κ1) is 11.6. The largest absolute Gasteiger partial charge is 0.399 e.